The molecule has 2 aliphatic heterocycles. The molecular formula is C19H28N4O3. The Morgan fingerprint density at radius 2 is 1.65 bits per heavy atom. The van der Waals surface area contributed by atoms with Gasteiger partial charge in [0.1, 0.15) is 6.10 Å². The lowest BCUT2D eigenvalue weighted by molar-refractivity contribution is -0.130. The van der Waals surface area contributed by atoms with Crippen LogP contribution in [0.1, 0.15) is 63.1 Å². The van der Waals surface area contributed by atoms with Crippen LogP contribution in [0.25, 0.3) is 0 Å². The molecule has 0 atom stereocenters. The number of amides is 2. The van der Waals surface area contributed by atoms with Crippen LogP contribution < -0.4 is 0 Å². The van der Waals surface area contributed by atoms with E-state index in [0.717, 1.165) is 38.8 Å². The van der Waals surface area contributed by atoms with Crippen LogP contribution in [0.15, 0.2) is 12.3 Å². The van der Waals surface area contributed by atoms with Crippen molar-refractivity contribution in [3.05, 3.63) is 18.0 Å². The third-order valence-corrected chi connectivity index (χ3v) is 5.92. The molecule has 1 aromatic rings. The molecule has 3 fully saturated rings. The fourth-order valence-corrected chi connectivity index (χ4v) is 4.13. The maximum absolute atomic E-state index is 12.5. The molecule has 4 rings (SSSR count). The zero-order valence-electron chi connectivity index (χ0n) is 15.5. The van der Waals surface area contributed by atoms with Gasteiger partial charge in [0, 0.05) is 63.8 Å². The Balaban J connectivity index is 1.25. The van der Waals surface area contributed by atoms with Gasteiger partial charge in [-0.1, -0.05) is 0 Å². The third-order valence-electron chi connectivity index (χ3n) is 5.92. The van der Waals surface area contributed by atoms with Gasteiger partial charge in [-0.3, -0.25) is 9.48 Å². The van der Waals surface area contributed by atoms with Gasteiger partial charge >= 0.3 is 6.09 Å². The molecule has 7 nitrogen and oxygen atoms in total. The first-order valence-corrected chi connectivity index (χ1v) is 9.86. The predicted octanol–water partition coefficient (Wildman–Crippen LogP) is 2.54. The molecule has 2 amide bonds. The third kappa shape index (κ3) is 3.71. The molecule has 1 saturated carbocycles. The van der Waals surface area contributed by atoms with Crippen LogP contribution in [-0.2, 0) is 9.53 Å². The summed E-state index contributed by atoms with van der Waals surface area (Å²) in [6.07, 6.45) is 7.52. The lowest BCUT2D eigenvalue weighted by atomic mass is 10.0. The van der Waals surface area contributed by atoms with Crippen molar-refractivity contribution in [1.82, 2.24) is 19.6 Å². The molecule has 0 radical (unpaired) electrons. The maximum Gasteiger partial charge on any atom is 0.410 e. The van der Waals surface area contributed by atoms with Gasteiger partial charge in [-0.2, -0.15) is 5.10 Å². The molecule has 3 heterocycles. The van der Waals surface area contributed by atoms with Gasteiger partial charge in [0.25, 0.3) is 0 Å². The average Bonchev–Trinajstić information content (AvgIpc) is 3.39. The van der Waals surface area contributed by atoms with Crippen molar-refractivity contribution in [3.63, 3.8) is 0 Å². The molecule has 1 aromatic heterocycles. The summed E-state index contributed by atoms with van der Waals surface area (Å²) in [4.78, 5) is 27.5. The van der Waals surface area contributed by atoms with E-state index >= 15 is 0 Å². The van der Waals surface area contributed by atoms with E-state index in [-0.39, 0.29) is 18.1 Å². The molecule has 0 unspecified atom stereocenters. The summed E-state index contributed by atoms with van der Waals surface area (Å²) in [5.74, 6) is 0.794. The number of rotatable bonds is 3. The second-order valence-electron chi connectivity index (χ2n) is 7.78. The van der Waals surface area contributed by atoms with Gasteiger partial charge in [0.15, 0.2) is 0 Å². The number of likely N-dealkylation sites (tertiary alicyclic amines) is 2. The van der Waals surface area contributed by atoms with Crippen molar-refractivity contribution in [3.8, 4) is 0 Å². The van der Waals surface area contributed by atoms with E-state index < -0.39 is 0 Å². The summed E-state index contributed by atoms with van der Waals surface area (Å²) in [6, 6.07) is 2.54. The van der Waals surface area contributed by atoms with Gasteiger partial charge in [0.05, 0.1) is 6.04 Å². The number of hydrogen-bond acceptors (Lipinski definition) is 4. The van der Waals surface area contributed by atoms with Crippen molar-refractivity contribution in [2.75, 3.05) is 26.2 Å². The van der Waals surface area contributed by atoms with Gasteiger partial charge in [-0.25, -0.2) is 4.79 Å². The van der Waals surface area contributed by atoms with Crippen LogP contribution in [0.3, 0.4) is 0 Å². The highest BCUT2D eigenvalue weighted by atomic mass is 16.6. The minimum atomic E-state index is -0.201. The van der Waals surface area contributed by atoms with Crippen molar-refractivity contribution >= 4 is 12.0 Å². The molecular weight excluding hydrogens is 332 g/mol. The second-order valence-corrected chi connectivity index (χ2v) is 7.78. The van der Waals surface area contributed by atoms with Gasteiger partial charge in [-0.15, -0.1) is 0 Å². The Labute approximate surface area is 154 Å². The summed E-state index contributed by atoms with van der Waals surface area (Å²) >= 11 is 0. The highest BCUT2D eigenvalue weighted by Crippen LogP contribution is 2.41. The molecule has 2 saturated heterocycles. The Morgan fingerprint density at radius 1 is 1.00 bits per heavy atom. The smallest absolute Gasteiger partial charge is 0.410 e. The number of nitrogens with zero attached hydrogens (tertiary/aromatic N) is 4. The lowest BCUT2D eigenvalue weighted by Crippen LogP contribution is -2.44. The number of carbonyl (C=O) groups excluding carboxylic acids is 2. The SMILES string of the molecule is CC(=O)N1CCC(OC(=O)N2CCC(n3nccc3C3CC3)CC2)CC1. The van der Waals surface area contributed by atoms with Crippen LogP contribution >= 0.6 is 0 Å². The van der Waals surface area contributed by atoms with Gasteiger partial charge in [-0.05, 0) is 31.7 Å². The number of hydrogen-bond donors (Lipinski definition) is 0. The summed E-state index contributed by atoms with van der Waals surface area (Å²) < 4.78 is 7.88. The first-order valence-electron chi connectivity index (χ1n) is 9.86. The van der Waals surface area contributed by atoms with Gasteiger partial charge in [0.2, 0.25) is 5.91 Å². The molecule has 142 valence electrons. The average molecular weight is 360 g/mol. The van der Waals surface area contributed by atoms with E-state index in [1.807, 2.05) is 16.0 Å². The molecule has 0 aromatic carbocycles. The van der Waals surface area contributed by atoms with Crippen LogP contribution in [-0.4, -0.2) is 63.9 Å². The number of carbonyl (C=O) groups is 2. The molecule has 1 aliphatic carbocycles. The zero-order chi connectivity index (χ0) is 18.1. The monoisotopic (exact) mass is 360 g/mol. The van der Waals surface area contributed by atoms with Gasteiger partial charge < -0.3 is 14.5 Å². The van der Waals surface area contributed by atoms with Crippen molar-refractivity contribution in [1.29, 1.82) is 0 Å². The van der Waals surface area contributed by atoms with E-state index in [2.05, 4.69) is 15.8 Å². The Kier molecular flexibility index (Phi) is 4.87. The molecule has 0 spiro atoms. The summed E-state index contributed by atoms with van der Waals surface area (Å²) in [6.45, 7) is 4.39. The van der Waals surface area contributed by atoms with E-state index in [9.17, 15) is 9.59 Å². The van der Waals surface area contributed by atoms with Crippen LogP contribution in [0.2, 0.25) is 0 Å². The van der Waals surface area contributed by atoms with Crippen molar-refractivity contribution in [2.45, 2.75) is 63.5 Å². The topological polar surface area (TPSA) is 67.7 Å². The summed E-state index contributed by atoms with van der Waals surface area (Å²) in [5, 5.41) is 4.54. The van der Waals surface area contributed by atoms with Crippen LogP contribution in [0, 0.1) is 0 Å². The minimum Gasteiger partial charge on any atom is -0.446 e. The summed E-state index contributed by atoms with van der Waals surface area (Å²) in [7, 11) is 0. The van der Waals surface area contributed by atoms with Crippen molar-refractivity contribution in [2.24, 2.45) is 0 Å². The van der Waals surface area contributed by atoms with Crippen LogP contribution in [0.5, 0.6) is 0 Å². The predicted molar refractivity (Wildman–Crippen MR) is 95.8 cm³/mol. The zero-order valence-corrected chi connectivity index (χ0v) is 15.5. The minimum absolute atomic E-state index is 0.0663. The maximum atomic E-state index is 12.5. The fourth-order valence-electron chi connectivity index (χ4n) is 4.13. The first-order chi connectivity index (χ1) is 12.6. The standard InChI is InChI=1S/C19H28N4O3/c1-14(24)21-12-7-17(8-13-21)26-19(25)22-10-5-16(6-11-22)23-18(4-9-20-23)15-2-3-15/h4,9,15-17H,2-3,5-8,10-13H2,1H3. The Hall–Kier alpha value is -2.05. The largest absolute Gasteiger partial charge is 0.446 e. The van der Waals surface area contributed by atoms with E-state index in [0.29, 0.717) is 25.0 Å². The Morgan fingerprint density at radius 3 is 2.27 bits per heavy atom. The van der Waals surface area contributed by atoms with Crippen LogP contribution in [0.4, 0.5) is 4.79 Å². The number of aromatic nitrogens is 2. The molecule has 26 heavy (non-hydrogen) atoms. The number of piperidine rings is 2. The van der Waals surface area contributed by atoms with Crippen molar-refractivity contribution < 1.29 is 14.3 Å². The quantitative estimate of drug-likeness (QED) is 0.831. The first kappa shape index (κ1) is 17.4. The Bertz CT molecular complexity index is 653. The molecule has 0 bridgehead atoms. The summed E-state index contributed by atoms with van der Waals surface area (Å²) in [5.41, 5.74) is 1.36. The molecule has 0 N–H and O–H groups in total. The lowest BCUT2D eigenvalue weighted by Gasteiger charge is -2.35. The fraction of sp³-hybridized carbons (Fsp3) is 0.737. The normalized spacial score (nSPS) is 22.5. The second kappa shape index (κ2) is 7.29. The van der Waals surface area contributed by atoms with E-state index in [1.165, 1.54) is 18.5 Å². The highest BCUT2D eigenvalue weighted by Gasteiger charge is 2.32. The van der Waals surface area contributed by atoms with E-state index in [4.69, 9.17) is 4.74 Å². The highest BCUT2D eigenvalue weighted by molar-refractivity contribution is 5.73. The van der Waals surface area contributed by atoms with E-state index in [1.54, 1.807) is 6.92 Å². The molecule has 7 heteroatoms. The molecule has 3 aliphatic rings. The number of ether oxygens (including phenoxy) is 1.